The third-order valence-corrected chi connectivity index (χ3v) is 4.56. The monoisotopic (exact) mass is 400 g/mol. The molecule has 0 unspecified atom stereocenters. The Kier molecular flexibility index (Phi) is 5.85. The standard InChI is InChI=1S/C24H20N2O4/c1-28-21-9-5-8-20(15-21)24-25-22(30-26-24)16-29-23(27)14-17-10-12-19(13-11-17)18-6-3-2-4-7-18/h2-13,15H,14,16H2,1H3. The average molecular weight is 400 g/mol. The molecule has 1 aromatic heterocycles. The first-order valence-electron chi connectivity index (χ1n) is 9.48. The van der Waals surface area contributed by atoms with Crippen molar-refractivity contribution in [1.82, 2.24) is 10.1 Å². The molecule has 6 heteroatoms. The fourth-order valence-electron chi connectivity index (χ4n) is 3.00. The lowest BCUT2D eigenvalue weighted by Gasteiger charge is -2.05. The summed E-state index contributed by atoms with van der Waals surface area (Å²) < 4.78 is 15.7. The summed E-state index contributed by atoms with van der Waals surface area (Å²) in [6.07, 6.45) is 0.173. The molecule has 0 aliphatic carbocycles. The Balaban J connectivity index is 1.32. The average Bonchev–Trinajstić information content (AvgIpc) is 3.28. The molecule has 1 heterocycles. The molecule has 0 radical (unpaired) electrons. The van der Waals surface area contributed by atoms with Crippen molar-refractivity contribution in [3.8, 4) is 28.3 Å². The van der Waals surface area contributed by atoms with Crippen molar-refractivity contribution < 1.29 is 18.8 Å². The number of benzene rings is 3. The van der Waals surface area contributed by atoms with E-state index in [1.54, 1.807) is 13.2 Å². The van der Waals surface area contributed by atoms with Gasteiger partial charge in [0.15, 0.2) is 6.61 Å². The molecular weight excluding hydrogens is 380 g/mol. The van der Waals surface area contributed by atoms with Gasteiger partial charge >= 0.3 is 5.97 Å². The van der Waals surface area contributed by atoms with Crippen LogP contribution in [0.25, 0.3) is 22.5 Å². The Labute approximate surface area is 174 Å². The Hall–Kier alpha value is -3.93. The zero-order valence-corrected chi connectivity index (χ0v) is 16.4. The highest BCUT2D eigenvalue weighted by Gasteiger charge is 2.12. The maximum atomic E-state index is 12.2. The van der Waals surface area contributed by atoms with Crippen LogP contribution in [0, 0.1) is 0 Å². The summed E-state index contributed by atoms with van der Waals surface area (Å²) in [5.74, 6) is 0.990. The minimum atomic E-state index is -0.358. The molecule has 0 saturated heterocycles. The van der Waals surface area contributed by atoms with Crippen LogP contribution >= 0.6 is 0 Å². The minimum absolute atomic E-state index is 0.0715. The molecule has 30 heavy (non-hydrogen) atoms. The molecule has 0 aliphatic heterocycles. The fraction of sp³-hybridized carbons (Fsp3) is 0.125. The van der Waals surface area contributed by atoms with Crippen molar-refractivity contribution in [3.63, 3.8) is 0 Å². The van der Waals surface area contributed by atoms with Crippen molar-refractivity contribution in [2.24, 2.45) is 0 Å². The van der Waals surface area contributed by atoms with Gasteiger partial charge in [-0.25, -0.2) is 0 Å². The van der Waals surface area contributed by atoms with Gasteiger partial charge in [-0.1, -0.05) is 71.9 Å². The SMILES string of the molecule is COc1cccc(-c2noc(COC(=O)Cc3ccc(-c4ccccc4)cc3)n2)c1. The molecule has 0 N–H and O–H groups in total. The van der Waals surface area contributed by atoms with E-state index in [2.05, 4.69) is 10.1 Å². The number of aromatic nitrogens is 2. The molecule has 0 aliphatic rings. The van der Waals surface area contributed by atoms with Gasteiger partial charge in [0.25, 0.3) is 5.89 Å². The van der Waals surface area contributed by atoms with Crippen molar-refractivity contribution in [3.05, 3.63) is 90.3 Å². The molecule has 6 nitrogen and oxygen atoms in total. The fourth-order valence-corrected chi connectivity index (χ4v) is 3.00. The van der Waals surface area contributed by atoms with E-state index in [4.69, 9.17) is 14.0 Å². The second kappa shape index (κ2) is 9.05. The summed E-state index contributed by atoms with van der Waals surface area (Å²) >= 11 is 0. The van der Waals surface area contributed by atoms with Gasteiger partial charge in [0.05, 0.1) is 13.5 Å². The zero-order chi connectivity index (χ0) is 20.8. The topological polar surface area (TPSA) is 74.5 Å². The first kappa shape index (κ1) is 19.4. The van der Waals surface area contributed by atoms with E-state index in [0.717, 1.165) is 22.3 Å². The maximum absolute atomic E-state index is 12.2. The quantitative estimate of drug-likeness (QED) is 0.419. The second-order valence-corrected chi connectivity index (χ2v) is 6.64. The number of methoxy groups -OCH3 is 1. The molecule has 4 rings (SSSR count). The summed E-state index contributed by atoms with van der Waals surface area (Å²) in [6, 6.07) is 25.3. The first-order chi connectivity index (χ1) is 14.7. The Morgan fingerprint density at radius 2 is 1.63 bits per heavy atom. The van der Waals surface area contributed by atoms with E-state index in [0.29, 0.717) is 11.6 Å². The predicted molar refractivity (Wildman–Crippen MR) is 112 cm³/mol. The van der Waals surface area contributed by atoms with Gasteiger partial charge in [0, 0.05) is 5.56 Å². The van der Waals surface area contributed by atoms with E-state index in [-0.39, 0.29) is 24.9 Å². The number of rotatable bonds is 7. The lowest BCUT2D eigenvalue weighted by molar-refractivity contribution is -0.144. The molecule has 3 aromatic carbocycles. The second-order valence-electron chi connectivity index (χ2n) is 6.64. The highest BCUT2D eigenvalue weighted by molar-refractivity contribution is 5.73. The number of esters is 1. The summed E-state index contributed by atoms with van der Waals surface area (Å²) in [6.45, 7) is -0.0715. The maximum Gasteiger partial charge on any atom is 0.310 e. The molecule has 150 valence electrons. The largest absolute Gasteiger partial charge is 0.497 e. The molecular formula is C24H20N2O4. The van der Waals surface area contributed by atoms with Crippen LogP contribution in [0.4, 0.5) is 0 Å². The number of nitrogens with zero attached hydrogens (tertiary/aromatic N) is 2. The van der Waals surface area contributed by atoms with Crippen LogP contribution in [0.5, 0.6) is 5.75 Å². The number of hydrogen-bond acceptors (Lipinski definition) is 6. The minimum Gasteiger partial charge on any atom is -0.497 e. The molecule has 0 atom stereocenters. The van der Waals surface area contributed by atoms with Crippen LogP contribution in [0.1, 0.15) is 11.5 Å². The van der Waals surface area contributed by atoms with Gasteiger partial charge in [-0.15, -0.1) is 0 Å². The Bertz CT molecular complexity index is 1120. The Morgan fingerprint density at radius 1 is 0.900 bits per heavy atom. The summed E-state index contributed by atoms with van der Waals surface area (Å²) in [7, 11) is 1.59. The molecule has 0 saturated carbocycles. The smallest absolute Gasteiger partial charge is 0.310 e. The Morgan fingerprint density at radius 3 is 2.40 bits per heavy atom. The number of carbonyl (C=O) groups excluding carboxylic acids is 1. The number of ether oxygens (including phenoxy) is 2. The normalized spacial score (nSPS) is 10.6. The van der Waals surface area contributed by atoms with Gasteiger partial charge in [-0.2, -0.15) is 4.98 Å². The van der Waals surface area contributed by atoms with E-state index in [9.17, 15) is 4.79 Å². The third-order valence-electron chi connectivity index (χ3n) is 4.56. The van der Waals surface area contributed by atoms with Crippen LogP contribution in [0.2, 0.25) is 0 Å². The highest BCUT2D eigenvalue weighted by Crippen LogP contribution is 2.22. The molecule has 0 spiro atoms. The highest BCUT2D eigenvalue weighted by atomic mass is 16.6. The first-order valence-corrected chi connectivity index (χ1v) is 9.48. The van der Waals surface area contributed by atoms with Crippen LogP contribution in [-0.4, -0.2) is 23.2 Å². The van der Waals surface area contributed by atoms with Gasteiger partial charge in [0.2, 0.25) is 5.82 Å². The van der Waals surface area contributed by atoms with Crippen LogP contribution in [0.3, 0.4) is 0 Å². The zero-order valence-electron chi connectivity index (χ0n) is 16.4. The van der Waals surface area contributed by atoms with Crippen LogP contribution < -0.4 is 4.74 Å². The van der Waals surface area contributed by atoms with Crippen molar-refractivity contribution in [2.75, 3.05) is 7.11 Å². The molecule has 0 bridgehead atoms. The van der Waals surface area contributed by atoms with Gasteiger partial charge in [0.1, 0.15) is 5.75 Å². The summed E-state index contributed by atoms with van der Waals surface area (Å²) in [5, 5.41) is 3.93. The van der Waals surface area contributed by atoms with Gasteiger partial charge < -0.3 is 14.0 Å². The van der Waals surface area contributed by atoms with Crippen LogP contribution in [0.15, 0.2) is 83.4 Å². The van der Waals surface area contributed by atoms with Crippen molar-refractivity contribution in [2.45, 2.75) is 13.0 Å². The van der Waals surface area contributed by atoms with E-state index >= 15 is 0 Å². The van der Waals surface area contributed by atoms with Crippen molar-refractivity contribution in [1.29, 1.82) is 0 Å². The molecule has 4 aromatic rings. The van der Waals surface area contributed by atoms with Gasteiger partial charge in [-0.3, -0.25) is 4.79 Å². The van der Waals surface area contributed by atoms with Crippen LogP contribution in [-0.2, 0) is 22.6 Å². The number of hydrogen-bond donors (Lipinski definition) is 0. The lowest BCUT2D eigenvalue weighted by atomic mass is 10.0. The lowest BCUT2D eigenvalue weighted by Crippen LogP contribution is -2.08. The van der Waals surface area contributed by atoms with Gasteiger partial charge in [-0.05, 0) is 28.8 Å². The molecule has 0 amide bonds. The third kappa shape index (κ3) is 4.72. The molecule has 0 fully saturated rings. The predicted octanol–water partition coefficient (Wildman–Crippen LogP) is 4.70. The van der Waals surface area contributed by atoms with E-state index < -0.39 is 0 Å². The van der Waals surface area contributed by atoms with E-state index in [1.807, 2.05) is 72.8 Å². The number of carbonyl (C=O) groups is 1. The van der Waals surface area contributed by atoms with E-state index in [1.165, 1.54) is 0 Å². The summed E-state index contributed by atoms with van der Waals surface area (Å²) in [5.41, 5.74) is 3.87. The summed E-state index contributed by atoms with van der Waals surface area (Å²) in [4.78, 5) is 16.4. The van der Waals surface area contributed by atoms with Crippen molar-refractivity contribution >= 4 is 5.97 Å².